The minimum atomic E-state index is 0.0334. The van der Waals surface area contributed by atoms with Crippen LogP contribution in [0.1, 0.15) is 25.5 Å². The number of para-hydroxylation sites is 1. The van der Waals surface area contributed by atoms with Crippen molar-refractivity contribution in [2.45, 2.75) is 19.9 Å². The third-order valence-electron chi connectivity index (χ3n) is 3.04. The van der Waals surface area contributed by atoms with Gasteiger partial charge < -0.3 is 4.90 Å². The first-order chi connectivity index (χ1) is 8.70. The van der Waals surface area contributed by atoms with E-state index in [9.17, 15) is 4.79 Å². The lowest BCUT2D eigenvalue weighted by atomic mass is 10.1. The molecule has 1 amide bonds. The molecule has 0 heterocycles. The van der Waals surface area contributed by atoms with Gasteiger partial charge in [-0.2, -0.15) is 0 Å². The van der Waals surface area contributed by atoms with Crippen LogP contribution in [0.2, 0.25) is 0 Å². The van der Waals surface area contributed by atoms with E-state index < -0.39 is 0 Å². The highest BCUT2D eigenvalue weighted by Gasteiger charge is 2.19. The van der Waals surface area contributed by atoms with Gasteiger partial charge in [-0.25, -0.2) is 0 Å². The van der Waals surface area contributed by atoms with Crippen LogP contribution in [0.25, 0.3) is 0 Å². The molecule has 0 aromatic heterocycles. The highest BCUT2D eigenvalue weighted by molar-refractivity contribution is 5.92. The van der Waals surface area contributed by atoms with E-state index in [0.717, 1.165) is 11.3 Å². The normalized spacial score (nSPS) is 11.9. The second kappa shape index (κ2) is 5.50. The van der Waals surface area contributed by atoms with Gasteiger partial charge >= 0.3 is 0 Å². The van der Waals surface area contributed by atoms with Gasteiger partial charge in [-0.05, 0) is 24.6 Å². The van der Waals surface area contributed by atoms with Crippen LogP contribution in [-0.2, 0) is 4.79 Å². The monoisotopic (exact) mass is 239 g/mol. The average molecular weight is 239 g/mol. The second-order valence-electron chi connectivity index (χ2n) is 4.31. The van der Waals surface area contributed by atoms with Crippen LogP contribution in [0.3, 0.4) is 0 Å². The Labute approximate surface area is 108 Å². The molecule has 1 atom stereocenters. The lowest BCUT2D eigenvalue weighted by Gasteiger charge is -2.28. The van der Waals surface area contributed by atoms with Gasteiger partial charge in [0.25, 0.3) is 0 Å². The van der Waals surface area contributed by atoms with Crippen molar-refractivity contribution >= 4 is 11.6 Å². The number of benzene rings is 2. The Bertz CT molecular complexity index is 507. The molecule has 0 spiro atoms. The summed E-state index contributed by atoms with van der Waals surface area (Å²) in [6, 6.07) is 19.9. The fourth-order valence-electron chi connectivity index (χ4n) is 2.15. The molecule has 2 rings (SSSR count). The van der Waals surface area contributed by atoms with Crippen LogP contribution in [0.15, 0.2) is 60.7 Å². The third-order valence-corrected chi connectivity index (χ3v) is 3.04. The maximum absolute atomic E-state index is 11.9. The van der Waals surface area contributed by atoms with Crippen LogP contribution >= 0.6 is 0 Å². The van der Waals surface area contributed by atoms with Gasteiger partial charge in [0, 0.05) is 12.6 Å². The van der Waals surface area contributed by atoms with Gasteiger partial charge in [0.2, 0.25) is 5.91 Å². The highest BCUT2D eigenvalue weighted by atomic mass is 16.2. The van der Waals surface area contributed by atoms with Crippen molar-refractivity contribution in [1.82, 2.24) is 0 Å². The third kappa shape index (κ3) is 2.59. The Balaban J connectivity index is 2.35. The number of carbonyl (C=O) groups excluding carboxylic acids is 1. The summed E-state index contributed by atoms with van der Waals surface area (Å²) in [5.41, 5.74) is 2.07. The van der Waals surface area contributed by atoms with Crippen molar-refractivity contribution in [3.05, 3.63) is 66.2 Å². The lowest BCUT2D eigenvalue weighted by Crippen LogP contribution is -2.31. The number of carbonyl (C=O) groups is 1. The predicted molar refractivity (Wildman–Crippen MR) is 74.5 cm³/mol. The molecule has 0 bridgehead atoms. The van der Waals surface area contributed by atoms with E-state index >= 15 is 0 Å². The lowest BCUT2D eigenvalue weighted by molar-refractivity contribution is -0.117. The maximum atomic E-state index is 11.9. The molecule has 0 saturated carbocycles. The van der Waals surface area contributed by atoms with Gasteiger partial charge in [-0.1, -0.05) is 48.5 Å². The molecule has 0 saturated heterocycles. The summed E-state index contributed by atoms with van der Waals surface area (Å²) in [5, 5.41) is 0. The van der Waals surface area contributed by atoms with Crippen LogP contribution in [-0.4, -0.2) is 5.91 Å². The number of nitrogens with zero attached hydrogens (tertiary/aromatic N) is 1. The molecule has 2 aromatic rings. The van der Waals surface area contributed by atoms with Crippen molar-refractivity contribution in [2.24, 2.45) is 0 Å². The number of amides is 1. The molecule has 92 valence electrons. The summed E-state index contributed by atoms with van der Waals surface area (Å²) in [5.74, 6) is 0.0533. The van der Waals surface area contributed by atoms with Crippen molar-refractivity contribution in [2.75, 3.05) is 4.90 Å². The molecule has 0 fully saturated rings. The van der Waals surface area contributed by atoms with E-state index in [4.69, 9.17) is 0 Å². The molecule has 18 heavy (non-hydrogen) atoms. The molecule has 2 nitrogen and oxygen atoms in total. The Morgan fingerprint density at radius 3 is 1.94 bits per heavy atom. The van der Waals surface area contributed by atoms with Gasteiger partial charge in [0.1, 0.15) is 0 Å². The van der Waals surface area contributed by atoms with Crippen LogP contribution in [0, 0.1) is 0 Å². The van der Waals surface area contributed by atoms with E-state index in [1.54, 1.807) is 6.92 Å². The minimum Gasteiger partial charge on any atom is -0.305 e. The molecule has 0 aliphatic rings. The average Bonchev–Trinajstić information content (AvgIpc) is 2.40. The maximum Gasteiger partial charge on any atom is 0.224 e. The topological polar surface area (TPSA) is 20.3 Å². The van der Waals surface area contributed by atoms with Crippen LogP contribution < -0.4 is 4.90 Å². The summed E-state index contributed by atoms with van der Waals surface area (Å²) in [7, 11) is 0. The smallest absolute Gasteiger partial charge is 0.224 e. The minimum absolute atomic E-state index is 0.0334. The van der Waals surface area contributed by atoms with E-state index in [2.05, 4.69) is 0 Å². The van der Waals surface area contributed by atoms with Crippen molar-refractivity contribution in [3.63, 3.8) is 0 Å². The predicted octanol–water partition coefficient (Wildman–Crippen LogP) is 3.80. The molecular formula is C16H17NO. The molecule has 2 heteroatoms. The molecule has 2 aromatic carbocycles. The first kappa shape index (κ1) is 12.4. The molecule has 0 radical (unpaired) electrons. The Morgan fingerprint density at radius 1 is 0.944 bits per heavy atom. The van der Waals surface area contributed by atoms with Gasteiger partial charge in [0.05, 0.1) is 6.04 Å². The quantitative estimate of drug-likeness (QED) is 0.797. The zero-order chi connectivity index (χ0) is 13.0. The van der Waals surface area contributed by atoms with E-state index in [-0.39, 0.29) is 11.9 Å². The first-order valence-electron chi connectivity index (χ1n) is 6.10. The zero-order valence-corrected chi connectivity index (χ0v) is 10.7. The van der Waals surface area contributed by atoms with Gasteiger partial charge in [-0.15, -0.1) is 0 Å². The molecular weight excluding hydrogens is 222 g/mol. The number of rotatable bonds is 3. The number of hydrogen-bond acceptors (Lipinski definition) is 1. The van der Waals surface area contributed by atoms with E-state index in [1.807, 2.05) is 72.5 Å². The number of anilines is 1. The molecule has 0 aliphatic heterocycles. The summed E-state index contributed by atoms with van der Waals surface area (Å²) in [6.07, 6.45) is 0. The van der Waals surface area contributed by atoms with Crippen molar-refractivity contribution in [1.29, 1.82) is 0 Å². The Hall–Kier alpha value is -2.09. The van der Waals surface area contributed by atoms with Crippen LogP contribution in [0.4, 0.5) is 5.69 Å². The second-order valence-corrected chi connectivity index (χ2v) is 4.31. The Kier molecular flexibility index (Phi) is 3.78. The Morgan fingerprint density at radius 2 is 1.44 bits per heavy atom. The summed E-state index contributed by atoms with van der Waals surface area (Å²) < 4.78 is 0. The zero-order valence-electron chi connectivity index (χ0n) is 10.7. The highest BCUT2D eigenvalue weighted by Crippen LogP contribution is 2.26. The SMILES string of the molecule is CC(=O)N(c1ccccc1)C(C)c1ccccc1. The van der Waals surface area contributed by atoms with Crippen molar-refractivity contribution < 1.29 is 4.79 Å². The first-order valence-corrected chi connectivity index (χ1v) is 6.10. The standard InChI is InChI=1S/C16H17NO/c1-13(15-9-5-3-6-10-15)17(14(2)18)16-11-7-4-8-12-16/h3-13H,1-2H3. The summed E-state index contributed by atoms with van der Waals surface area (Å²) >= 11 is 0. The largest absolute Gasteiger partial charge is 0.305 e. The molecule has 1 unspecified atom stereocenters. The molecule has 0 N–H and O–H groups in total. The fraction of sp³-hybridized carbons (Fsp3) is 0.188. The summed E-state index contributed by atoms with van der Waals surface area (Å²) in [6.45, 7) is 3.65. The summed E-state index contributed by atoms with van der Waals surface area (Å²) in [4.78, 5) is 13.7. The van der Waals surface area contributed by atoms with E-state index in [0.29, 0.717) is 0 Å². The molecule has 0 aliphatic carbocycles. The van der Waals surface area contributed by atoms with Gasteiger partial charge in [0.15, 0.2) is 0 Å². The van der Waals surface area contributed by atoms with Crippen molar-refractivity contribution in [3.8, 4) is 0 Å². The fourth-order valence-corrected chi connectivity index (χ4v) is 2.15. The van der Waals surface area contributed by atoms with Gasteiger partial charge in [-0.3, -0.25) is 4.79 Å². The number of hydrogen-bond donors (Lipinski definition) is 0. The van der Waals surface area contributed by atoms with E-state index in [1.165, 1.54) is 0 Å². The van der Waals surface area contributed by atoms with Crippen LogP contribution in [0.5, 0.6) is 0 Å².